The Balaban J connectivity index is 1.40. The highest BCUT2D eigenvalue weighted by Gasteiger charge is 2.40. The van der Waals surface area contributed by atoms with Gasteiger partial charge in [0.25, 0.3) is 0 Å². The molecule has 1 aromatic heterocycles. The Bertz CT molecular complexity index is 781. The third kappa shape index (κ3) is 3.43. The van der Waals surface area contributed by atoms with E-state index in [4.69, 9.17) is 0 Å². The molecule has 4 rings (SSSR count). The highest BCUT2D eigenvalue weighted by atomic mass is 19.1. The second-order valence-electron chi connectivity index (χ2n) is 7.81. The lowest BCUT2D eigenvalue weighted by molar-refractivity contribution is 0.303. The molecule has 1 aromatic carbocycles. The maximum absolute atomic E-state index is 13.9. The van der Waals surface area contributed by atoms with Crippen LogP contribution in [-0.2, 0) is 6.54 Å². The topological polar surface area (TPSA) is 32.3 Å². The molecule has 6 heteroatoms. The molecule has 2 fully saturated rings. The first-order valence-electron chi connectivity index (χ1n) is 9.22. The van der Waals surface area contributed by atoms with Crippen LogP contribution in [0.15, 0.2) is 30.6 Å². The summed E-state index contributed by atoms with van der Waals surface area (Å²) in [5.41, 5.74) is 1.51. The third-order valence-corrected chi connectivity index (χ3v) is 5.55. The molecule has 2 aromatic rings. The molecule has 0 amide bonds. The lowest BCUT2D eigenvalue weighted by Crippen LogP contribution is -2.29. The Morgan fingerprint density at radius 3 is 2.46 bits per heavy atom. The molecule has 0 saturated carbocycles. The van der Waals surface area contributed by atoms with E-state index in [-0.39, 0.29) is 11.6 Å². The van der Waals surface area contributed by atoms with Gasteiger partial charge in [0.15, 0.2) is 0 Å². The van der Waals surface area contributed by atoms with Crippen molar-refractivity contribution >= 4 is 5.82 Å². The SMILES string of the molecule is CC(C)c1cc(N2CC3CN(Cc4cc(F)ccc4F)CC3C2)ncn1. The summed E-state index contributed by atoms with van der Waals surface area (Å²) in [6, 6.07) is 5.78. The zero-order chi connectivity index (χ0) is 18.3. The molecule has 2 unspecified atom stereocenters. The van der Waals surface area contributed by atoms with Crippen LogP contribution in [0.5, 0.6) is 0 Å². The Hall–Kier alpha value is -2.08. The number of nitrogens with zero attached hydrogens (tertiary/aromatic N) is 4. The van der Waals surface area contributed by atoms with Gasteiger partial charge < -0.3 is 4.90 Å². The van der Waals surface area contributed by atoms with Crippen LogP contribution in [0.3, 0.4) is 0 Å². The Morgan fingerprint density at radius 1 is 1.04 bits per heavy atom. The molecule has 4 nitrogen and oxygen atoms in total. The van der Waals surface area contributed by atoms with E-state index in [0.29, 0.717) is 29.9 Å². The van der Waals surface area contributed by atoms with Gasteiger partial charge in [0, 0.05) is 50.0 Å². The summed E-state index contributed by atoms with van der Waals surface area (Å²) in [5, 5.41) is 0. The monoisotopic (exact) mass is 358 g/mol. The fourth-order valence-electron chi connectivity index (χ4n) is 4.16. The molecule has 2 saturated heterocycles. The van der Waals surface area contributed by atoms with Gasteiger partial charge in [0.2, 0.25) is 0 Å². The van der Waals surface area contributed by atoms with Gasteiger partial charge >= 0.3 is 0 Å². The average Bonchev–Trinajstić information content (AvgIpc) is 3.17. The van der Waals surface area contributed by atoms with Gasteiger partial charge in [-0.3, -0.25) is 4.90 Å². The predicted molar refractivity (Wildman–Crippen MR) is 96.9 cm³/mol. The number of hydrogen-bond donors (Lipinski definition) is 0. The van der Waals surface area contributed by atoms with Crippen molar-refractivity contribution in [1.82, 2.24) is 14.9 Å². The maximum Gasteiger partial charge on any atom is 0.132 e. The second kappa shape index (κ2) is 6.91. The number of aromatic nitrogens is 2. The minimum Gasteiger partial charge on any atom is -0.356 e. The van der Waals surface area contributed by atoms with Crippen LogP contribution in [0.2, 0.25) is 0 Å². The van der Waals surface area contributed by atoms with E-state index in [9.17, 15) is 8.78 Å². The summed E-state index contributed by atoms with van der Waals surface area (Å²) in [5.74, 6) is 1.77. The zero-order valence-electron chi connectivity index (χ0n) is 15.2. The first kappa shape index (κ1) is 17.3. The number of hydrogen-bond acceptors (Lipinski definition) is 4. The van der Waals surface area contributed by atoms with E-state index < -0.39 is 0 Å². The normalized spacial score (nSPS) is 23.0. The number of benzene rings is 1. The van der Waals surface area contributed by atoms with Crippen molar-refractivity contribution in [2.24, 2.45) is 11.8 Å². The summed E-state index contributed by atoms with van der Waals surface area (Å²) >= 11 is 0. The summed E-state index contributed by atoms with van der Waals surface area (Å²) in [6.45, 7) is 8.49. The lowest BCUT2D eigenvalue weighted by atomic mass is 10.0. The van der Waals surface area contributed by atoms with Crippen molar-refractivity contribution < 1.29 is 8.78 Å². The summed E-state index contributed by atoms with van der Waals surface area (Å²) in [4.78, 5) is 13.4. The summed E-state index contributed by atoms with van der Waals surface area (Å²) in [6.07, 6.45) is 1.65. The number of rotatable bonds is 4. The van der Waals surface area contributed by atoms with E-state index in [1.54, 1.807) is 6.33 Å². The average molecular weight is 358 g/mol. The van der Waals surface area contributed by atoms with Gasteiger partial charge in [0.1, 0.15) is 23.8 Å². The van der Waals surface area contributed by atoms with Crippen molar-refractivity contribution in [3.63, 3.8) is 0 Å². The Morgan fingerprint density at radius 2 is 1.77 bits per heavy atom. The largest absolute Gasteiger partial charge is 0.356 e. The Labute approximate surface area is 152 Å². The fraction of sp³-hybridized carbons (Fsp3) is 0.500. The summed E-state index contributed by atoms with van der Waals surface area (Å²) in [7, 11) is 0. The van der Waals surface area contributed by atoms with Crippen LogP contribution < -0.4 is 4.90 Å². The van der Waals surface area contributed by atoms with Crippen LogP contribution in [0.25, 0.3) is 0 Å². The van der Waals surface area contributed by atoms with Crippen molar-refractivity contribution in [3.05, 3.63) is 53.5 Å². The molecule has 3 heterocycles. The minimum atomic E-state index is -0.378. The smallest absolute Gasteiger partial charge is 0.132 e. The maximum atomic E-state index is 13.9. The molecular formula is C20H24F2N4. The number of halogens is 2. The van der Waals surface area contributed by atoms with Crippen molar-refractivity contribution in [2.45, 2.75) is 26.3 Å². The van der Waals surface area contributed by atoms with Gasteiger partial charge in [-0.2, -0.15) is 0 Å². The van der Waals surface area contributed by atoms with Crippen molar-refractivity contribution in [1.29, 1.82) is 0 Å². The van der Waals surface area contributed by atoms with E-state index in [0.717, 1.165) is 37.7 Å². The molecule has 2 aliphatic rings. The van der Waals surface area contributed by atoms with E-state index in [1.807, 2.05) is 0 Å². The third-order valence-electron chi connectivity index (χ3n) is 5.55. The van der Waals surface area contributed by atoms with Crippen molar-refractivity contribution in [2.75, 3.05) is 31.1 Å². The van der Waals surface area contributed by atoms with E-state index in [2.05, 4.69) is 39.7 Å². The van der Waals surface area contributed by atoms with Crippen LogP contribution in [0.1, 0.15) is 31.0 Å². The minimum absolute atomic E-state index is 0.327. The fourth-order valence-corrected chi connectivity index (χ4v) is 4.16. The first-order chi connectivity index (χ1) is 12.5. The molecule has 0 bridgehead atoms. The van der Waals surface area contributed by atoms with Crippen molar-refractivity contribution in [3.8, 4) is 0 Å². The molecule has 138 valence electrons. The molecule has 2 aliphatic heterocycles. The van der Waals surface area contributed by atoms with Crippen LogP contribution in [0, 0.1) is 23.5 Å². The van der Waals surface area contributed by atoms with Gasteiger partial charge in [-0.1, -0.05) is 13.8 Å². The molecule has 2 atom stereocenters. The molecule has 26 heavy (non-hydrogen) atoms. The second-order valence-corrected chi connectivity index (χ2v) is 7.81. The number of fused-ring (bicyclic) bond motifs is 1. The number of likely N-dealkylation sites (tertiary alicyclic amines) is 1. The predicted octanol–water partition coefficient (Wildman–Crippen LogP) is 3.45. The lowest BCUT2D eigenvalue weighted by Gasteiger charge is -2.23. The number of anilines is 1. The molecular weight excluding hydrogens is 334 g/mol. The zero-order valence-corrected chi connectivity index (χ0v) is 15.2. The van der Waals surface area contributed by atoms with E-state index in [1.165, 1.54) is 18.2 Å². The highest BCUT2D eigenvalue weighted by Crippen LogP contribution is 2.34. The van der Waals surface area contributed by atoms with E-state index >= 15 is 0 Å². The summed E-state index contributed by atoms with van der Waals surface area (Å²) < 4.78 is 27.3. The van der Waals surface area contributed by atoms with Crippen LogP contribution in [-0.4, -0.2) is 41.0 Å². The van der Waals surface area contributed by atoms with Gasteiger partial charge in [0.05, 0.1) is 0 Å². The highest BCUT2D eigenvalue weighted by molar-refractivity contribution is 5.41. The molecule has 0 radical (unpaired) electrons. The standard InChI is InChI=1S/C20H24F2N4/c1-13(2)19-6-20(24-12-23-19)26-10-15-8-25(9-16(15)11-26)7-14-5-17(21)3-4-18(14)22/h3-6,12-13,15-16H,7-11H2,1-2H3. The van der Waals surface area contributed by atoms with Gasteiger partial charge in [-0.25, -0.2) is 18.7 Å². The first-order valence-corrected chi connectivity index (χ1v) is 9.22. The molecule has 0 aliphatic carbocycles. The van der Waals surface area contributed by atoms with Crippen LogP contribution >= 0.6 is 0 Å². The molecule has 0 spiro atoms. The molecule has 0 N–H and O–H groups in total. The van der Waals surface area contributed by atoms with Gasteiger partial charge in [-0.05, 0) is 36.0 Å². The quantitative estimate of drug-likeness (QED) is 0.838. The Kier molecular flexibility index (Phi) is 4.61. The van der Waals surface area contributed by atoms with Gasteiger partial charge in [-0.15, -0.1) is 0 Å². The van der Waals surface area contributed by atoms with Crippen LogP contribution in [0.4, 0.5) is 14.6 Å².